The van der Waals surface area contributed by atoms with Gasteiger partial charge in [0, 0.05) is 55.7 Å². The van der Waals surface area contributed by atoms with Gasteiger partial charge in [0.2, 0.25) is 0 Å². The molecule has 190 valence electrons. The van der Waals surface area contributed by atoms with Crippen LogP contribution >= 0.6 is 0 Å². The molecule has 1 atom stereocenters. The predicted molar refractivity (Wildman–Crippen MR) is 139 cm³/mol. The second-order valence-corrected chi connectivity index (χ2v) is 9.99. The summed E-state index contributed by atoms with van der Waals surface area (Å²) in [6.07, 6.45) is 8.65. The molecule has 1 aromatic carbocycles. The predicted octanol–water partition coefficient (Wildman–Crippen LogP) is 4.77. The van der Waals surface area contributed by atoms with Crippen molar-refractivity contribution in [2.24, 2.45) is 0 Å². The molecular formula is C28H30N6O3. The van der Waals surface area contributed by atoms with E-state index < -0.39 is 6.09 Å². The molecule has 37 heavy (non-hydrogen) atoms. The third kappa shape index (κ3) is 4.04. The fraction of sp³-hybridized carbons (Fsp3) is 0.357. The van der Waals surface area contributed by atoms with Crippen LogP contribution in [0.4, 0.5) is 4.79 Å². The van der Waals surface area contributed by atoms with Gasteiger partial charge in [0.15, 0.2) is 0 Å². The Morgan fingerprint density at radius 2 is 2.03 bits per heavy atom. The lowest BCUT2D eigenvalue weighted by Crippen LogP contribution is -2.37. The second kappa shape index (κ2) is 9.06. The summed E-state index contributed by atoms with van der Waals surface area (Å²) < 4.78 is 1.75. The van der Waals surface area contributed by atoms with Crippen LogP contribution in [0.25, 0.3) is 22.2 Å². The number of carbonyl (C=O) groups excluding carboxylic acids is 1. The first kappa shape index (κ1) is 23.3. The summed E-state index contributed by atoms with van der Waals surface area (Å²) in [6.45, 7) is 6.34. The zero-order valence-electron chi connectivity index (χ0n) is 21.1. The molecule has 0 saturated carbocycles. The zero-order chi connectivity index (χ0) is 25.7. The summed E-state index contributed by atoms with van der Waals surface area (Å²) in [7, 11) is 0. The van der Waals surface area contributed by atoms with Crippen molar-refractivity contribution in [3.63, 3.8) is 0 Å². The average Bonchev–Trinajstić information content (AvgIpc) is 3.67. The second-order valence-electron chi connectivity index (χ2n) is 9.99. The smallest absolute Gasteiger partial charge is 0.407 e. The van der Waals surface area contributed by atoms with Gasteiger partial charge >= 0.3 is 6.09 Å². The number of hydrogen-bond acceptors (Lipinski definition) is 4. The van der Waals surface area contributed by atoms with E-state index >= 15 is 0 Å². The highest BCUT2D eigenvalue weighted by Crippen LogP contribution is 2.40. The van der Waals surface area contributed by atoms with Gasteiger partial charge in [-0.05, 0) is 73.1 Å². The van der Waals surface area contributed by atoms with Crippen molar-refractivity contribution in [2.75, 3.05) is 13.1 Å². The van der Waals surface area contributed by atoms with Crippen LogP contribution in [0, 0.1) is 6.92 Å². The summed E-state index contributed by atoms with van der Waals surface area (Å²) in [6, 6.07) is 6.24. The molecule has 0 bridgehead atoms. The molecule has 9 nitrogen and oxygen atoms in total. The van der Waals surface area contributed by atoms with Gasteiger partial charge in [-0.25, -0.2) is 9.78 Å². The molecule has 0 aliphatic carbocycles. The first-order valence-corrected chi connectivity index (χ1v) is 12.8. The van der Waals surface area contributed by atoms with Crippen LogP contribution in [-0.2, 0) is 19.5 Å². The molecule has 1 unspecified atom stereocenters. The molecule has 3 aromatic heterocycles. The van der Waals surface area contributed by atoms with Crippen LogP contribution in [0.2, 0.25) is 0 Å². The van der Waals surface area contributed by atoms with Gasteiger partial charge in [0.25, 0.3) is 5.91 Å². The van der Waals surface area contributed by atoms with Gasteiger partial charge < -0.3 is 19.9 Å². The van der Waals surface area contributed by atoms with E-state index in [-0.39, 0.29) is 11.9 Å². The van der Waals surface area contributed by atoms with E-state index in [1.54, 1.807) is 22.0 Å². The maximum atomic E-state index is 13.3. The van der Waals surface area contributed by atoms with Crippen molar-refractivity contribution < 1.29 is 14.7 Å². The van der Waals surface area contributed by atoms with E-state index in [0.29, 0.717) is 38.2 Å². The number of aromatic amines is 1. The van der Waals surface area contributed by atoms with Crippen molar-refractivity contribution in [3.05, 3.63) is 70.8 Å². The SMILES string of the molecule is CCn1cc(C(=O)N2CCc3cc(-c4cnc5[nH]cc(C)c5c4)cc(C4CCCN4C(=O)O)c3C2)cn1. The lowest BCUT2D eigenvalue weighted by molar-refractivity contribution is 0.0732. The van der Waals surface area contributed by atoms with Crippen molar-refractivity contribution in [2.45, 2.75) is 52.2 Å². The Balaban J connectivity index is 1.42. The lowest BCUT2D eigenvalue weighted by atomic mass is 9.86. The third-order valence-corrected chi connectivity index (χ3v) is 7.80. The van der Waals surface area contributed by atoms with Crippen LogP contribution < -0.4 is 0 Å². The maximum Gasteiger partial charge on any atom is 0.407 e. The number of carbonyl (C=O) groups is 2. The normalized spacial score (nSPS) is 17.4. The topological polar surface area (TPSA) is 107 Å². The highest BCUT2D eigenvalue weighted by atomic mass is 16.4. The number of nitrogens with zero attached hydrogens (tertiary/aromatic N) is 5. The lowest BCUT2D eigenvalue weighted by Gasteiger charge is -2.33. The van der Waals surface area contributed by atoms with Crippen LogP contribution in [-0.4, -0.2) is 59.7 Å². The van der Waals surface area contributed by atoms with Crippen LogP contribution in [0.5, 0.6) is 0 Å². The Morgan fingerprint density at radius 3 is 2.81 bits per heavy atom. The van der Waals surface area contributed by atoms with Gasteiger partial charge in [0.05, 0.1) is 17.8 Å². The zero-order valence-corrected chi connectivity index (χ0v) is 21.1. The van der Waals surface area contributed by atoms with E-state index in [9.17, 15) is 14.7 Å². The average molecular weight is 499 g/mol. The van der Waals surface area contributed by atoms with Crippen molar-refractivity contribution >= 4 is 23.0 Å². The van der Waals surface area contributed by atoms with E-state index in [1.807, 2.05) is 24.2 Å². The number of pyridine rings is 1. The number of fused-ring (bicyclic) bond motifs is 2. The Bertz CT molecular complexity index is 1520. The van der Waals surface area contributed by atoms with Gasteiger partial charge in [-0.2, -0.15) is 5.10 Å². The first-order chi connectivity index (χ1) is 17.9. The molecule has 0 spiro atoms. The number of aryl methyl sites for hydroxylation is 2. The van der Waals surface area contributed by atoms with E-state index in [0.717, 1.165) is 51.7 Å². The summed E-state index contributed by atoms with van der Waals surface area (Å²) in [4.78, 5) is 36.6. The van der Waals surface area contributed by atoms with Crippen molar-refractivity contribution in [1.29, 1.82) is 0 Å². The maximum absolute atomic E-state index is 13.3. The number of rotatable bonds is 4. The largest absolute Gasteiger partial charge is 0.465 e. The number of aromatic nitrogens is 4. The Hall–Kier alpha value is -4.14. The third-order valence-electron chi connectivity index (χ3n) is 7.80. The number of H-pyrrole nitrogens is 1. The minimum absolute atomic E-state index is 0.0422. The molecule has 5 heterocycles. The Morgan fingerprint density at radius 1 is 1.16 bits per heavy atom. The number of likely N-dealkylation sites (tertiary alicyclic amines) is 1. The summed E-state index contributed by atoms with van der Waals surface area (Å²) in [5.74, 6) is -0.0422. The number of amides is 2. The molecule has 4 aromatic rings. The molecule has 2 amide bonds. The van der Waals surface area contributed by atoms with Crippen molar-refractivity contribution in [3.8, 4) is 11.1 Å². The molecule has 2 aliphatic heterocycles. The number of benzene rings is 1. The highest BCUT2D eigenvalue weighted by Gasteiger charge is 2.34. The fourth-order valence-corrected chi connectivity index (χ4v) is 5.78. The van der Waals surface area contributed by atoms with Crippen molar-refractivity contribution in [1.82, 2.24) is 29.5 Å². The minimum Gasteiger partial charge on any atom is -0.465 e. The van der Waals surface area contributed by atoms with Gasteiger partial charge in [-0.15, -0.1) is 0 Å². The van der Waals surface area contributed by atoms with Crippen LogP contribution in [0.3, 0.4) is 0 Å². The van der Waals surface area contributed by atoms with E-state index in [2.05, 4.69) is 40.2 Å². The highest BCUT2D eigenvalue weighted by molar-refractivity contribution is 5.94. The number of hydrogen-bond donors (Lipinski definition) is 2. The van der Waals surface area contributed by atoms with Crippen LogP contribution in [0.15, 0.2) is 43.0 Å². The number of nitrogens with one attached hydrogen (secondary N) is 1. The monoisotopic (exact) mass is 498 g/mol. The summed E-state index contributed by atoms with van der Waals surface area (Å²) in [5, 5.41) is 15.3. The van der Waals surface area contributed by atoms with Crippen LogP contribution in [0.1, 0.15) is 58.4 Å². The quantitative estimate of drug-likeness (QED) is 0.422. The summed E-state index contributed by atoms with van der Waals surface area (Å²) in [5.41, 5.74) is 7.84. The summed E-state index contributed by atoms with van der Waals surface area (Å²) >= 11 is 0. The molecule has 1 fully saturated rings. The first-order valence-electron chi connectivity index (χ1n) is 12.8. The molecule has 1 saturated heterocycles. The minimum atomic E-state index is -0.900. The molecular weight excluding hydrogens is 468 g/mol. The molecule has 2 aliphatic rings. The molecule has 0 radical (unpaired) electrons. The standard InChI is InChI=1S/C28H30N6O3/c1-3-33-15-21(14-31-33)27(35)32-8-6-18-9-19(20-11-22-17(2)12-29-26(22)30-13-20)10-23(24(18)16-32)25-5-4-7-34(25)28(36)37/h9-15,25H,3-8,16H2,1-2H3,(H,29,30)(H,36,37). The molecule has 6 rings (SSSR count). The molecule has 9 heteroatoms. The van der Waals surface area contributed by atoms with E-state index in [1.165, 1.54) is 5.56 Å². The fourth-order valence-electron chi connectivity index (χ4n) is 5.78. The van der Waals surface area contributed by atoms with Gasteiger partial charge in [0.1, 0.15) is 5.65 Å². The Labute approximate surface area is 214 Å². The number of carboxylic acid groups (broad SMARTS) is 1. The van der Waals surface area contributed by atoms with Gasteiger partial charge in [-0.3, -0.25) is 9.48 Å². The van der Waals surface area contributed by atoms with E-state index in [4.69, 9.17) is 0 Å². The van der Waals surface area contributed by atoms with Gasteiger partial charge in [-0.1, -0.05) is 6.07 Å². The molecule has 2 N–H and O–H groups in total. The Kier molecular flexibility index (Phi) is 5.70.